The summed E-state index contributed by atoms with van der Waals surface area (Å²) in [7, 11) is -3.65. The fourth-order valence-corrected chi connectivity index (χ4v) is 3.65. The number of aryl methyl sites for hydroxylation is 1. The Bertz CT molecular complexity index is 704. The fourth-order valence-electron chi connectivity index (χ4n) is 2.00. The van der Waals surface area contributed by atoms with Crippen molar-refractivity contribution >= 4 is 27.3 Å². The van der Waals surface area contributed by atoms with Crippen LogP contribution in [0.5, 0.6) is 0 Å². The number of anilines is 1. The summed E-state index contributed by atoms with van der Waals surface area (Å²) in [4.78, 5) is 0.135. The maximum absolute atomic E-state index is 12.7. The van der Waals surface area contributed by atoms with E-state index in [-0.39, 0.29) is 17.1 Å². The van der Waals surface area contributed by atoms with Gasteiger partial charge in [-0.15, -0.1) is 0 Å². The summed E-state index contributed by atoms with van der Waals surface area (Å²) >= 11 is 5.98. The molecule has 1 aromatic heterocycles. The van der Waals surface area contributed by atoms with Crippen LogP contribution in [0.25, 0.3) is 0 Å². The number of rotatable bonds is 5. The van der Waals surface area contributed by atoms with Gasteiger partial charge in [0.15, 0.2) is 0 Å². The van der Waals surface area contributed by atoms with Crippen molar-refractivity contribution in [2.45, 2.75) is 25.3 Å². The zero-order chi connectivity index (χ0) is 15.6. The zero-order valence-corrected chi connectivity index (χ0v) is 13.4. The van der Waals surface area contributed by atoms with E-state index < -0.39 is 10.0 Å². The lowest BCUT2D eigenvalue weighted by molar-refractivity contribution is 0.375. The molecule has 0 unspecified atom stereocenters. The first kappa shape index (κ1) is 15.9. The largest absolute Gasteiger partial charge is 0.468 e. The number of furan rings is 1. The van der Waals surface area contributed by atoms with Gasteiger partial charge in [-0.25, -0.2) is 8.42 Å². The summed E-state index contributed by atoms with van der Waals surface area (Å²) < 4.78 is 31.9. The molecule has 2 rings (SSSR count). The van der Waals surface area contributed by atoms with Gasteiger partial charge in [0.2, 0.25) is 10.0 Å². The van der Waals surface area contributed by atoms with Crippen LogP contribution >= 0.6 is 11.6 Å². The minimum absolute atomic E-state index is 0.135. The normalized spacial score (nSPS) is 12.0. The molecular formula is C14H17ClN2O3S. The molecule has 0 bridgehead atoms. The molecule has 2 N–H and O–H groups in total. The van der Waals surface area contributed by atoms with Crippen LogP contribution in [-0.4, -0.2) is 19.3 Å². The molecule has 5 nitrogen and oxygen atoms in total. The van der Waals surface area contributed by atoms with Crippen molar-refractivity contribution in [2.75, 3.05) is 12.3 Å². The number of nitrogen functional groups attached to an aromatic ring is 1. The van der Waals surface area contributed by atoms with E-state index in [0.717, 1.165) is 0 Å². The molecule has 0 aliphatic carbocycles. The monoisotopic (exact) mass is 328 g/mol. The van der Waals surface area contributed by atoms with Gasteiger partial charge >= 0.3 is 0 Å². The molecule has 2 aromatic rings. The van der Waals surface area contributed by atoms with E-state index in [9.17, 15) is 8.42 Å². The molecule has 0 atom stereocenters. The lowest BCUT2D eigenvalue weighted by atomic mass is 10.2. The second-order valence-corrected chi connectivity index (χ2v) is 6.97. The Kier molecular flexibility index (Phi) is 4.61. The van der Waals surface area contributed by atoms with E-state index >= 15 is 0 Å². The number of benzene rings is 1. The van der Waals surface area contributed by atoms with Gasteiger partial charge in [0, 0.05) is 6.54 Å². The van der Waals surface area contributed by atoms with Crippen LogP contribution in [0.1, 0.15) is 18.2 Å². The highest BCUT2D eigenvalue weighted by atomic mass is 35.5. The smallest absolute Gasteiger partial charge is 0.243 e. The summed E-state index contributed by atoms with van der Waals surface area (Å²) in [5.41, 5.74) is 6.65. The van der Waals surface area contributed by atoms with Crippen molar-refractivity contribution in [3.63, 3.8) is 0 Å². The van der Waals surface area contributed by atoms with Crippen LogP contribution in [0.3, 0.4) is 0 Å². The first-order valence-electron chi connectivity index (χ1n) is 6.44. The van der Waals surface area contributed by atoms with Gasteiger partial charge in [-0.3, -0.25) is 0 Å². The van der Waals surface area contributed by atoms with Crippen molar-refractivity contribution < 1.29 is 12.8 Å². The third kappa shape index (κ3) is 3.23. The molecule has 0 aliphatic rings. The molecule has 0 radical (unpaired) electrons. The van der Waals surface area contributed by atoms with E-state index in [2.05, 4.69) is 0 Å². The molecule has 114 valence electrons. The molecule has 0 saturated carbocycles. The third-order valence-electron chi connectivity index (χ3n) is 3.16. The van der Waals surface area contributed by atoms with Crippen LogP contribution in [-0.2, 0) is 16.6 Å². The topological polar surface area (TPSA) is 76.5 Å². The predicted octanol–water partition coefficient (Wildman–Crippen LogP) is 3.03. The second-order valence-electron chi connectivity index (χ2n) is 4.65. The Labute approximate surface area is 129 Å². The van der Waals surface area contributed by atoms with Crippen molar-refractivity contribution in [3.05, 3.63) is 46.9 Å². The van der Waals surface area contributed by atoms with Crippen molar-refractivity contribution in [1.29, 1.82) is 0 Å². The van der Waals surface area contributed by atoms with E-state index in [1.807, 2.05) is 0 Å². The van der Waals surface area contributed by atoms with Gasteiger partial charge < -0.3 is 10.2 Å². The number of sulfonamides is 1. The molecule has 0 aliphatic heterocycles. The number of nitrogens with zero attached hydrogens (tertiary/aromatic N) is 1. The highest BCUT2D eigenvalue weighted by molar-refractivity contribution is 7.89. The van der Waals surface area contributed by atoms with Crippen LogP contribution in [0.2, 0.25) is 5.02 Å². The Balaban J connectivity index is 2.39. The van der Waals surface area contributed by atoms with Gasteiger partial charge in [0.05, 0.1) is 28.4 Å². The number of hydrogen-bond donors (Lipinski definition) is 1. The quantitative estimate of drug-likeness (QED) is 0.856. The fraction of sp³-hybridized carbons (Fsp3) is 0.286. The SMILES string of the molecule is CCN(Cc1ccco1)S(=O)(=O)c1cc(C)c(Cl)c(N)c1. The highest BCUT2D eigenvalue weighted by Crippen LogP contribution is 2.28. The second kappa shape index (κ2) is 6.09. The van der Waals surface area contributed by atoms with Gasteiger partial charge in [-0.1, -0.05) is 18.5 Å². The molecule has 21 heavy (non-hydrogen) atoms. The molecular weight excluding hydrogens is 312 g/mol. The number of nitrogens with two attached hydrogens (primary N) is 1. The highest BCUT2D eigenvalue weighted by Gasteiger charge is 2.25. The maximum atomic E-state index is 12.7. The number of hydrogen-bond acceptors (Lipinski definition) is 4. The minimum Gasteiger partial charge on any atom is -0.468 e. The van der Waals surface area contributed by atoms with Gasteiger partial charge in [-0.05, 0) is 36.8 Å². The number of halogens is 1. The summed E-state index contributed by atoms with van der Waals surface area (Å²) in [6.07, 6.45) is 1.51. The Morgan fingerprint density at radius 2 is 2.10 bits per heavy atom. The zero-order valence-electron chi connectivity index (χ0n) is 11.8. The Hall–Kier alpha value is -1.50. The molecule has 0 spiro atoms. The lowest BCUT2D eigenvalue weighted by Gasteiger charge is -2.20. The molecule has 0 amide bonds. The molecule has 7 heteroatoms. The van der Waals surface area contributed by atoms with E-state index in [1.165, 1.54) is 22.7 Å². The van der Waals surface area contributed by atoms with Crippen LogP contribution in [0, 0.1) is 6.92 Å². The van der Waals surface area contributed by atoms with E-state index in [0.29, 0.717) is 22.9 Å². The predicted molar refractivity (Wildman–Crippen MR) is 82.6 cm³/mol. The minimum atomic E-state index is -3.65. The first-order chi connectivity index (χ1) is 9.86. The lowest BCUT2D eigenvalue weighted by Crippen LogP contribution is -2.30. The van der Waals surface area contributed by atoms with E-state index in [4.69, 9.17) is 21.8 Å². The standard InChI is InChI=1S/C14H17ClN2O3S/c1-3-17(9-11-5-4-6-20-11)21(18,19)12-7-10(2)14(15)13(16)8-12/h4-8H,3,9,16H2,1-2H3. The summed E-state index contributed by atoms with van der Waals surface area (Å²) in [6.45, 7) is 3.99. The molecule has 0 saturated heterocycles. The summed E-state index contributed by atoms with van der Waals surface area (Å²) in [5, 5.41) is 0.378. The Morgan fingerprint density at radius 3 is 2.62 bits per heavy atom. The third-order valence-corrected chi connectivity index (χ3v) is 5.57. The van der Waals surface area contributed by atoms with E-state index in [1.54, 1.807) is 26.0 Å². The van der Waals surface area contributed by atoms with Gasteiger partial charge in [-0.2, -0.15) is 4.31 Å². The molecule has 1 aromatic carbocycles. The van der Waals surface area contributed by atoms with Gasteiger partial charge in [0.25, 0.3) is 0 Å². The molecule has 1 heterocycles. The van der Waals surface area contributed by atoms with Crippen molar-refractivity contribution in [3.8, 4) is 0 Å². The van der Waals surface area contributed by atoms with Crippen LogP contribution < -0.4 is 5.73 Å². The average molecular weight is 329 g/mol. The summed E-state index contributed by atoms with van der Waals surface area (Å²) in [5.74, 6) is 0.582. The van der Waals surface area contributed by atoms with Crippen LogP contribution in [0.4, 0.5) is 5.69 Å². The first-order valence-corrected chi connectivity index (χ1v) is 8.26. The molecule has 0 fully saturated rings. The van der Waals surface area contributed by atoms with Gasteiger partial charge in [0.1, 0.15) is 5.76 Å². The van der Waals surface area contributed by atoms with Crippen molar-refractivity contribution in [2.24, 2.45) is 0 Å². The average Bonchev–Trinajstić information content (AvgIpc) is 2.94. The Morgan fingerprint density at radius 1 is 1.38 bits per heavy atom. The summed E-state index contributed by atoms with van der Waals surface area (Å²) in [6, 6.07) is 6.37. The van der Waals surface area contributed by atoms with Crippen LogP contribution in [0.15, 0.2) is 39.8 Å². The van der Waals surface area contributed by atoms with Crippen molar-refractivity contribution in [1.82, 2.24) is 4.31 Å². The maximum Gasteiger partial charge on any atom is 0.243 e.